The second kappa shape index (κ2) is 9.62. The summed E-state index contributed by atoms with van der Waals surface area (Å²) in [5, 5.41) is 1.87. The molecule has 0 saturated carbocycles. The standard InChI is InChI=1S/C25H28N2O3S/c28-25(27-18-6-11-23(27)14-12-20-7-2-1-3-8-20)16-17-26-31(29,30)24-15-13-21-9-4-5-10-22(21)19-24/h1-5,7-10,13,15,19,23,26H,6,11-12,14,16-18H2. The summed E-state index contributed by atoms with van der Waals surface area (Å²) in [6.07, 6.45) is 4.09. The third kappa shape index (κ3) is 5.32. The average molecular weight is 437 g/mol. The lowest BCUT2D eigenvalue weighted by atomic mass is 10.0. The van der Waals surface area contributed by atoms with Crippen LogP contribution in [0.2, 0.25) is 0 Å². The molecule has 1 N–H and O–H groups in total. The number of sulfonamides is 1. The van der Waals surface area contributed by atoms with E-state index in [0.29, 0.717) is 0 Å². The number of carbonyl (C=O) groups excluding carboxylic acids is 1. The van der Waals surface area contributed by atoms with Crippen molar-refractivity contribution in [3.05, 3.63) is 78.4 Å². The zero-order chi connectivity index (χ0) is 21.7. The molecule has 1 aliphatic heterocycles. The summed E-state index contributed by atoms with van der Waals surface area (Å²) in [5.74, 6) is 0.0248. The Hall–Kier alpha value is -2.70. The van der Waals surface area contributed by atoms with Gasteiger partial charge in [-0.25, -0.2) is 13.1 Å². The van der Waals surface area contributed by atoms with E-state index < -0.39 is 10.0 Å². The number of hydrogen-bond acceptors (Lipinski definition) is 3. The van der Waals surface area contributed by atoms with E-state index in [1.54, 1.807) is 18.2 Å². The predicted octanol–water partition coefficient (Wildman–Crippen LogP) is 4.13. The molecule has 1 amide bonds. The average Bonchev–Trinajstić information content (AvgIpc) is 3.27. The molecule has 1 aliphatic rings. The summed E-state index contributed by atoms with van der Waals surface area (Å²) in [7, 11) is -3.65. The first-order valence-corrected chi connectivity index (χ1v) is 12.3. The molecule has 1 fully saturated rings. The predicted molar refractivity (Wildman–Crippen MR) is 123 cm³/mol. The zero-order valence-electron chi connectivity index (χ0n) is 17.5. The topological polar surface area (TPSA) is 66.5 Å². The van der Waals surface area contributed by atoms with E-state index in [1.807, 2.05) is 47.4 Å². The number of aryl methyl sites for hydroxylation is 1. The van der Waals surface area contributed by atoms with Crippen LogP contribution in [0.25, 0.3) is 10.8 Å². The molecule has 4 rings (SSSR count). The quantitative estimate of drug-likeness (QED) is 0.577. The van der Waals surface area contributed by atoms with Crippen LogP contribution in [-0.2, 0) is 21.2 Å². The van der Waals surface area contributed by atoms with Crippen molar-refractivity contribution in [2.45, 2.75) is 43.0 Å². The highest BCUT2D eigenvalue weighted by Gasteiger charge is 2.28. The van der Waals surface area contributed by atoms with Gasteiger partial charge in [0.05, 0.1) is 4.90 Å². The Balaban J connectivity index is 1.31. The van der Waals surface area contributed by atoms with Crippen LogP contribution in [-0.4, -0.2) is 38.4 Å². The second-order valence-corrected chi connectivity index (χ2v) is 9.83. The van der Waals surface area contributed by atoms with Gasteiger partial charge in [-0.15, -0.1) is 0 Å². The summed E-state index contributed by atoms with van der Waals surface area (Å²) >= 11 is 0. The van der Waals surface area contributed by atoms with E-state index >= 15 is 0 Å². The highest BCUT2D eigenvalue weighted by molar-refractivity contribution is 7.89. The van der Waals surface area contributed by atoms with Gasteiger partial charge in [0.1, 0.15) is 0 Å². The Kier molecular flexibility index (Phi) is 6.68. The van der Waals surface area contributed by atoms with Crippen LogP contribution in [0.4, 0.5) is 0 Å². The van der Waals surface area contributed by atoms with Gasteiger partial charge in [0, 0.05) is 25.6 Å². The molecule has 0 spiro atoms. The van der Waals surface area contributed by atoms with Crippen LogP contribution in [0, 0.1) is 0 Å². The normalized spacial score (nSPS) is 16.6. The molecule has 3 aromatic rings. The minimum atomic E-state index is -3.65. The van der Waals surface area contributed by atoms with Gasteiger partial charge in [-0.3, -0.25) is 4.79 Å². The summed E-state index contributed by atoms with van der Waals surface area (Å²) in [4.78, 5) is 14.9. The minimum Gasteiger partial charge on any atom is -0.340 e. The van der Waals surface area contributed by atoms with Crippen molar-refractivity contribution in [2.24, 2.45) is 0 Å². The van der Waals surface area contributed by atoms with E-state index in [-0.39, 0.29) is 29.8 Å². The number of hydrogen-bond donors (Lipinski definition) is 1. The molecule has 1 saturated heterocycles. The van der Waals surface area contributed by atoms with Crippen molar-refractivity contribution in [3.8, 4) is 0 Å². The van der Waals surface area contributed by atoms with Crippen molar-refractivity contribution in [2.75, 3.05) is 13.1 Å². The van der Waals surface area contributed by atoms with Gasteiger partial charge in [-0.05, 0) is 54.2 Å². The van der Waals surface area contributed by atoms with Gasteiger partial charge in [0.25, 0.3) is 0 Å². The fraction of sp³-hybridized carbons (Fsp3) is 0.320. The zero-order valence-corrected chi connectivity index (χ0v) is 18.4. The van der Waals surface area contributed by atoms with Crippen molar-refractivity contribution in [1.29, 1.82) is 0 Å². The molecule has 0 radical (unpaired) electrons. The first-order chi connectivity index (χ1) is 15.0. The number of amides is 1. The molecule has 5 nitrogen and oxygen atoms in total. The summed E-state index contributed by atoms with van der Waals surface area (Å²) in [6.45, 7) is 0.867. The Morgan fingerprint density at radius 1 is 0.968 bits per heavy atom. The van der Waals surface area contributed by atoms with Gasteiger partial charge in [-0.2, -0.15) is 0 Å². The lowest BCUT2D eigenvalue weighted by Crippen LogP contribution is -2.38. The number of nitrogens with one attached hydrogen (secondary N) is 1. The molecule has 162 valence electrons. The van der Waals surface area contributed by atoms with Crippen LogP contribution in [0.1, 0.15) is 31.2 Å². The maximum absolute atomic E-state index is 12.8. The maximum atomic E-state index is 12.8. The maximum Gasteiger partial charge on any atom is 0.240 e. The van der Waals surface area contributed by atoms with Gasteiger partial charge in [0.2, 0.25) is 15.9 Å². The van der Waals surface area contributed by atoms with Crippen LogP contribution < -0.4 is 4.72 Å². The van der Waals surface area contributed by atoms with E-state index in [2.05, 4.69) is 16.9 Å². The SMILES string of the molecule is O=C(CCNS(=O)(=O)c1ccc2ccccc2c1)N1CCCC1CCc1ccccc1. The number of nitrogens with zero attached hydrogens (tertiary/aromatic N) is 1. The van der Waals surface area contributed by atoms with Crippen molar-refractivity contribution in [1.82, 2.24) is 9.62 Å². The fourth-order valence-electron chi connectivity index (χ4n) is 4.30. The Labute approximate surface area is 184 Å². The summed E-state index contributed by atoms with van der Waals surface area (Å²) < 4.78 is 27.9. The van der Waals surface area contributed by atoms with Crippen LogP contribution in [0.15, 0.2) is 77.7 Å². The van der Waals surface area contributed by atoms with Crippen LogP contribution in [0.3, 0.4) is 0 Å². The van der Waals surface area contributed by atoms with Crippen LogP contribution >= 0.6 is 0 Å². The molecule has 3 aromatic carbocycles. The number of carbonyl (C=O) groups is 1. The number of rotatable bonds is 8. The Bertz CT molecular complexity index is 1150. The van der Waals surface area contributed by atoms with E-state index in [4.69, 9.17) is 0 Å². The van der Waals surface area contributed by atoms with Gasteiger partial charge in [-0.1, -0.05) is 60.7 Å². The number of fused-ring (bicyclic) bond motifs is 1. The van der Waals surface area contributed by atoms with E-state index in [9.17, 15) is 13.2 Å². The third-order valence-corrected chi connectivity index (χ3v) is 7.43. The molecular weight excluding hydrogens is 408 g/mol. The Morgan fingerprint density at radius 3 is 2.52 bits per heavy atom. The molecule has 0 aromatic heterocycles. The minimum absolute atomic E-state index is 0.0248. The molecule has 1 atom stereocenters. The van der Waals surface area contributed by atoms with E-state index in [1.165, 1.54) is 5.56 Å². The van der Waals surface area contributed by atoms with Crippen molar-refractivity contribution < 1.29 is 13.2 Å². The smallest absolute Gasteiger partial charge is 0.240 e. The number of benzene rings is 3. The third-order valence-electron chi connectivity index (χ3n) is 5.97. The summed E-state index contributed by atoms with van der Waals surface area (Å²) in [6, 6.07) is 23.3. The van der Waals surface area contributed by atoms with Crippen molar-refractivity contribution >= 4 is 26.7 Å². The highest BCUT2D eigenvalue weighted by atomic mass is 32.2. The van der Waals surface area contributed by atoms with E-state index in [0.717, 1.165) is 43.0 Å². The largest absolute Gasteiger partial charge is 0.340 e. The molecule has 0 aliphatic carbocycles. The Morgan fingerprint density at radius 2 is 1.71 bits per heavy atom. The first kappa shape index (κ1) is 21.5. The number of likely N-dealkylation sites (tertiary alicyclic amines) is 1. The fourth-order valence-corrected chi connectivity index (χ4v) is 5.36. The molecular formula is C25H28N2O3S. The summed E-state index contributed by atoms with van der Waals surface area (Å²) in [5.41, 5.74) is 1.28. The monoisotopic (exact) mass is 436 g/mol. The molecule has 6 heteroatoms. The second-order valence-electron chi connectivity index (χ2n) is 8.06. The van der Waals surface area contributed by atoms with Gasteiger partial charge >= 0.3 is 0 Å². The molecule has 1 unspecified atom stereocenters. The lowest BCUT2D eigenvalue weighted by Gasteiger charge is -2.25. The molecule has 1 heterocycles. The van der Waals surface area contributed by atoms with Crippen molar-refractivity contribution in [3.63, 3.8) is 0 Å². The van der Waals surface area contributed by atoms with Gasteiger partial charge < -0.3 is 4.90 Å². The first-order valence-electron chi connectivity index (χ1n) is 10.8. The molecule has 31 heavy (non-hydrogen) atoms. The lowest BCUT2D eigenvalue weighted by molar-refractivity contribution is -0.131. The van der Waals surface area contributed by atoms with Crippen LogP contribution in [0.5, 0.6) is 0 Å². The highest BCUT2D eigenvalue weighted by Crippen LogP contribution is 2.23. The molecule has 0 bridgehead atoms. The van der Waals surface area contributed by atoms with Gasteiger partial charge in [0.15, 0.2) is 0 Å².